The number of rotatable bonds is 9. The summed E-state index contributed by atoms with van der Waals surface area (Å²) < 4.78 is 5.46. The van der Waals surface area contributed by atoms with Crippen LogP contribution in [0.15, 0.2) is 0 Å². The molecule has 110 valence electrons. The molecular weight excluding hydrogens is 244 g/mol. The Bertz CT molecular complexity index is 294. The highest BCUT2D eigenvalue weighted by atomic mass is 16.5. The third-order valence-corrected chi connectivity index (χ3v) is 3.22. The van der Waals surface area contributed by atoms with Crippen molar-refractivity contribution < 1.29 is 14.3 Å². The molecule has 0 bridgehead atoms. The van der Waals surface area contributed by atoms with Gasteiger partial charge in [0.2, 0.25) is 11.8 Å². The maximum Gasteiger partial charge on any atom is 0.245 e. The number of hydrogen-bond acceptors (Lipinski definition) is 3. The summed E-state index contributed by atoms with van der Waals surface area (Å²) in [7, 11) is 0. The fourth-order valence-corrected chi connectivity index (χ4v) is 2.15. The first-order valence-corrected chi connectivity index (χ1v) is 7.35. The Morgan fingerprint density at radius 3 is 2.63 bits per heavy atom. The highest BCUT2D eigenvalue weighted by molar-refractivity contribution is 5.94. The van der Waals surface area contributed by atoms with Gasteiger partial charge in [-0.2, -0.15) is 0 Å². The van der Waals surface area contributed by atoms with Crippen LogP contribution in [0.3, 0.4) is 0 Å². The molecule has 1 aliphatic heterocycles. The first kappa shape index (κ1) is 16.0. The second-order valence-electron chi connectivity index (χ2n) is 4.99. The van der Waals surface area contributed by atoms with Gasteiger partial charge in [-0.25, -0.2) is 0 Å². The van der Waals surface area contributed by atoms with Gasteiger partial charge in [0.25, 0.3) is 0 Å². The second-order valence-corrected chi connectivity index (χ2v) is 4.99. The van der Waals surface area contributed by atoms with Crippen molar-refractivity contribution >= 4 is 11.8 Å². The van der Waals surface area contributed by atoms with Crippen molar-refractivity contribution in [3.05, 3.63) is 0 Å². The van der Waals surface area contributed by atoms with Crippen LogP contribution in [0.5, 0.6) is 0 Å². The fraction of sp³-hybridized carbons (Fsp3) is 0.857. The molecule has 19 heavy (non-hydrogen) atoms. The van der Waals surface area contributed by atoms with E-state index >= 15 is 0 Å². The van der Waals surface area contributed by atoms with Crippen molar-refractivity contribution in [2.45, 2.75) is 52.0 Å². The second kappa shape index (κ2) is 8.91. The number of ether oxygens (including phenoxy) is 1. The smallest absolute Gasteiger partial charge is 0.245 e. The SMILES string of the molecule is CCCCOCCCN1CC(=O)NC(CCC)C1=O. The van der Waals surface area contributed by atoms with E-state index in [1.54, 1.807) is 4.90 Å². The lowest BCUT2D eigenvalue weighted by Gasteiger charge is -2.32. The van der Waals surface area contributed by atoms with E-state index in [2.05, 4.69) is 12.2 Å². The number of nitrogens with zero attached hydrogens (tertiary/aromatic N) is 1. The molecule has 2 amide bonds. The van der Waals surface area contributed by atoms with Crippen LogP contribution in [0, 0.1) is 0 Å². The number of amides is 2. The van der Waals surface area contributed by atoms with Gasteiger partial charge in [-0.1, -0.05) is 26.7 Å². The predicted octanol–water partition coefficient (Wildman–Crippen LogP) is 1.32. The lowest BCUT2D eigenvalue weighted by molar-refractivity contribution is -0.144. The van der Waals surface area contributed by atoms with Crippen LogP contribution in [0.2, 0.25) is 0 Å². The number of carbonyl (C=O) groups is 2. The molecule has 1 aliphatic rings. The van der Waals surface area contributed by atoms with Gasteiger partial charge in [-0.3, -0.25) is 9.59 Å². The van der Waals surface area contributed by atoms with Crippen LogP contribution < -0.4 is 5.32 Å². The highest BCUT2D eigenvalue weighted by Crippen LogP contribution is 2.08. The normalized spacial score (nSPS) is 19.7. The highest BCUT2D eigenvalue weighted by Gasteiger charge is 2.31. The minimum Gasteiger partial charge on any atom is -0.381 e. The number of carbonyl (C=O) groups excluding carboxylic acids is 2. The molecule has 1 unspecified atom stereocenters. The first-order chi connectivity index (χ1) is 9.19. The quantitative estimate of drug-likeness (QED) is 0.643. The number of nitrogens with one attached hydrogen (secondary N) is 1. The molecule has 0 aromatic heterocycles. The molecule has 5 heteroatoms. The van der Waals surface area contributed by atoms with E-state index < -0.39 is 0 Å². The molecule has 0 radical (unpaired) electrons. The number of hydrogen-bond donors (Lipinski definition) is 1. The minimum absolute atomic E-state index is 0.0509. The number of piperazine rings is 1. The Morgan fingerprint density at radius 2 is 1.95 bits per heavy atom. The standard InChI is InChI=1S/C14H26N2O3/c1-3-5-9-19-10-6-8-16-11-13(17)15-12(7-4-2)14(16)18/h12H,3-11H2,1-2H3,(H,15,17). The van der Waals surface area contributed by atoms with Crippen LogP contribution >= 0.6 is 0 Å². The predicted molar refractivity (Wildman–Crippen MR) is 73.8 cm³/mol. The van der Waals surface area contributed by atoms with Crippen LogP contribution in [-0.2, 0) is 14.3 Å². The van der Waals surface area contributed by atoms with Crippen molar-refractivity contribution in [2.75, 3.05) is 26.3 Å². The van der Waals surface area contributed by atoms with Gasteiger partial charge >= 0.3 is 0 Å². The Kier molecular flexibility index (Phi) is 7.48. The van der Waals surface area contributed by atoms with Crippen LogP contribution in [0.1, 0.15) is 46.0 Å². The van der Waals surface area contributed by atoms with E-state index in [4.69, 9.17) is 4.74 Å². The molecule has 1 atom stereocenters. The van der Waals surface area contributed by atoms with Gasteiger partial charge in [0, 0.05) is 19.8 Å². The molecule has 5 nitrogen and oxygen atoms in total. The lowest BCUT2D eigenvalue weighted by atomic mass is 10.1. The summed E-state index contributed by atoms with van der Waals surface area (Å²) in [6.45, 7) is 6.38. The van der Waals surface area contributed by atoms with Gasteiger partial charge in [0.15, 0.2) is 0 Å². The van der Waals surface area contributed by atoms with E-state index in [1.165, 1.54) is 0 Å². The van der Waals surface area contributed by atoms with Crippen molar-refractivity contribution in [3.63, 3.8) is 0 Å². The van der Waals surface area contributed by atoms with E-state index in [0.29, 0.717) is 19.6 Å². The Morgan fingerprint density at radius 1 is 1.21 bits per heavy atom. The summed E-state index contributed by atoms with van der Waals surface area (Å²) in [5.74, 6) is -0.0000375. The Balaban J connectivity index is 2.27. The average molecular weight is 270 g/mol. The zero-order chi connectivity index (χ0) is 14.1. The fourth-order valence-electron chi connectivity index (χ4n) is 2.15. The van der Waals surface area contributed by atoms with Gasteiger partial charge < -0.3 is 15.0 Å². The molecule has 1 heterocycles. The van der Waals surface area contributed by atoms with E-state index in [1.807, 2.05) is 6.92 Å². The summed E-state index contributed by atoms with van der Waals surface area (Å²) in [4.78, 5) is 25.3. The Hall–Kier alpha value is -1.10. The molecule has 0 saturated carbocycles. The lowest BCUT2D eigenvalue weighted by Crippen LogP contribution is -2.58. The monoisotopic (exact) mass is 270 g/mol. The summed E-state index contributed by atoms with van der Waals surface area (Å²) in [5.41, 5.74) is 0. The van der Waals surface area contributed by atoms with Gasteiger partial charge in [0.1, 0.15) is 6.04 Å². The van der Waals surface area contributed by atoms with Gasteiger partial charge in [0.05, 0.1) is 6.54 Å². The maximum absolute atomic E-state index is 12.1. The van der Waals surface area contributed by atoms with Crippen molar-refractivity contribution in [1.29, 1.82) is 0 Å². The zero-order valence-corrected chi connectivity index (χ0v) is 12.1. The van der Waals surface area contributed by atoms with Gasteiger partial charge in [-0.15, -0.1) is 0 Å². The molecule has 1 rings (SSSR count). The summed E-state index contributed by atoms with van der Waals surface area (Å²) in [6.07, 6.45) is 4.60. The van der Waals surface area contributed by atoms with Crippen LogP contribution in [0.25, 0.3) is 0 Å². The molecule has 1 fully saturated rings. The molecule has 0 aliphatic carbocycles. The molecule has 0 spiro atoms. The largest absolute Gasteiger partial charge is 0.381 e. The zero-order valence-electron chi connectivity index (χ0n) is 12.1. The molecule has 1 N–H and O–H groups in total. The van der Waals surface area contributed by atoms with Crippen LogP contribution in [-0.4, -0.2) is 49.1 Å². The van der Waals surface area contributed by atoms with E-state index in [0.717, 1.165) is 32.3 Å². The van der Waals surface area contributed by atoms with Gasteiger partial charge in [-0.05, 0) is 19.3 Å². The first-order valence-electron chi connectivity index (χ1n) is 7.35. The third-order valence-electron chi connectivity index (χ3n) is 3.22. The molecule has 1 saturated heterocycles. The minimum atomic E-state index is -0.327. The van der Waals surface area contributed by atoms with Crippen molar-refractivity contribution in [1.82, 2.24) is 10.2 Å². The Labute approximate surface area is 115 Å². The molecule has 0 aromatic carbocycles. The third kappa shape index (κ3) is 5.59. The molecular formula is C14H26N2O3. The summed E-state index contributed by atoms with van der Waals surface area (Å²) >= 11 is 0. The number of unbranched alkanes of at least 4 members (excludes halogenated alkanes) is 1. The van der Waals surface area contributed by atoms with Crippen LogP contribution in [0.4, 0.5) is 0 Å². The maximum atomic E-state index is 12.1. The van der Waals surface area contributed by atoms with E-state index in [9.17, 15) is 9.59 Å². The summed E-state index contributed by atoms with van der Waals surface area (Å²) in [6, 6.07) is -0.327. The van der Waals surface area contributed by atoms with Crippen molar-refractivity contribution in [2.24, 2.45) is 0 Å². The topological polar surface area (TPSA) is 58.6 Å². The van der Waals surface area contributed by atoms with E-state index in [-0.39, 0.29) is 24.4 Å². The average Bonchev–Trinajstić information content (AvgIpc) is 2.39. The summed E-state index contributed by atoms with van der Waals surface area (Å²) in [5, 5.41) is 2.75. The van der Waals surface area contributed by atoms with Crippen molar-refractivity contribution in [3.8, 4) is 0 Å². The molecule has 0 aromatic rings.